The lowest BCUT2D eigenvalue weighted by Gasteiger charge is -2.26. The number of hydrogen-bond acceptors (Lipinski definition) is 5. The predicted molar refractivity (Wildman–Crippen MR) is 101 cm³/mol. The SMILES string of the molecule is CCOC(=O)C(CC1CCCCC1)NC(=O)c1ccc(CNC(C)=O)s1. The average molecular weight is 381 g/mol. The van der Waals surface area contributed by atoms with E-state index in [4.69, 9.17) is 4.74 Å². The maximum absolute atomic E-state index is 12.6. The van der Waals surface area contributed by atoms with Crippen molar-refractivity contribution in [1.29, 1.82) is 0 Å². The molecular weight excluding hydrogens is 352 g/mol. The van der Waals surface area contributed by atoms with Gasteiger partial charge >= 0.3 is 5.97 Å². The molecule has 1 fully saturated rings. The Kier molecular flexibility index (Phi) is 8.09. The van der Waals surface area contributed by atoms with E-state index in [0.717, 1.165) is 17.7 Å². The Labute approximate surface area is 158 Å². The van der Waals surface area contributed by atoms with E-state index in [2.05, 4.69) is 10.6 Å². The molecule has 2 amide bonds. The molecule has 1 aliphatic carbocycles. The van der Waals surface area contributed by atoms with Crippen molar-refractivity contribution in [3.05, 3.63) is 21.9 Å². The smallest absolute Gasteiger partial charge is 0.328 e. The van der Waals surface area contributed by atoms with Gasteiger partial charge in [-0.1, -0.05) is 32.1 Å². The molecule has 1 aromatic rings. The molecule has 0 aromatic carbocycles. The molecule has 1 aromatic heterocycles. The number of amides is 2. The first-order valence-electron chi connectivity index (χ1n) is 9.30. The summed E-state index contributed by atoms with van der Waals surface area (Å²) in [7, 11) is 0. The normalized spacial score (nSPS) is 15.9. The molecule has 26 heavy (non-hydrogen) atoms. The Hall–Kier alpha value is -1.89. The zero-order valence-electron chi connectivity index (χ0n) is 15.5. The number of ether oxygens (including phenoxy) is 1. The van der Waals surface area contributed by atoms with Crippen LogP contribution in [0.1, 0.15) is 66.9 Å². The van der Waals surface area contributed by atoms with Crippen molar-refractivity contribution in [2.75, 3.05) is 6.61 Å². The van der Waals surface area contributed by atoms with Gasteiger partial charge in [0, 0.05) is 11.8 Å². The molecule has 2 N–H and O–H groups in total. The quantitative estimate of drug-likeness (QED) is 0.679. The number of rotatable bonds is 8. The molecule has 1 heterocycles. The third kappa shape index (κ3) is 6.44. The summed E-state index contributed by atoms with van der Waals surface area (Å²) in [5.74, 6) is -0.282. The summed E-state index contributed by atoms with van der Waals surface area (Å²) in [6, 6.07) is 2.93. The number of carbonyl (C=O) groups is 3. The van der Waals surface area contributed by atoms with Gasteiger partial charge in [0.1, 0.15) is 6.04 Å². The fourth-order valence-corrected chi connectivity index (χ4v) is 4.10. The van der Waals surface area contributed by atoms with Gasteiger partial charge in [-0.3, -0.25) is 9.59 Å². The number of carbonyl (C=O) groups excluding carboxylic acids is 3. The Balaban J connectivity index is 1.97. The standard InChI is InChI=1S/C19H28N2O4S/c1-3-25-19(24)16(11-14-7-5-4-6-8-14)21-18(23)17-10-9-15(26-17)12-20-13(2)22/h9-10,14,16H,3-8,11-12H2,1-2H3,(H,20,22)(H,21,23). The first kappa shape index (κ1) is 20.4. The van der Waals surface area contributed by atoms with Crippen LogP contribution in [0.25, 0.3) is 0 Å². The fourth-order valence-electron chi connectivity index (χ4n) is 3.25. The Morgan fingerprint density at radius 3 is 2.62 bits per heavy atom. The van der Waals surface area contributed by atoms with Crippen LogP contribution in [0.15, 0.2) is 12.1 Å². The van der Waals surface area contributed by atoms with Crippen LogP contribution in [0, 0.1) is 5.92 Å². The Morgan fingerprint density at radius 1 is 1.23 bits per heavy atom. The van der Waals surface area contributed by atoms with Crippen molar-refractivity contribution in [3.8, 4) is 0 Å². The minimum atomic E-state index is -0.605. The molecule has 2 rings (SSSR count). The average Bonchev–Trinajstić information content (AvgIpc) is 3.09. The van der Waals surface area contributed by atoms with Gasteiger partial charge in [-0.05, 0) is 31.4 Å². The van der Waals surface area contributed by atoms with Crippen LogP contribution in [0.2, 0.25) is 0 Å². The zero-order valence-corrected chi connectivity index (χ0v) is 16.3. The van der Waals surface area contributed by atoms with Crippen LogP contribution in [0.5, 0.6) is 0 Å². The molecule has 0 radical (unpaired) electrons. The van der Waals surface area contributed by atoms with E-state index >= 15 is 0 Å². The van der Waals surface area contributed by atoms with Crippen molar-refractivity contribution >= 4 is 29.1 Å². The van der Waals surface area contributed by atoms with Crippen molar-refractivity contribution in [1.82, 2.24) is 10.6 Å². The molecule has 0 saturated heterocycles. The lowest BCUT2D eigenvalue weighted by molar-refractivity contribution is -0.146. The molecule has 0 bridgehead atoms. The third-order valence-corrected chi connectivity index (χ3v) is 5.65. The van der Waals surface area contributed by atoms with E-state index < -0.39 is 6.04 Å². The topological polar surface area (TPSA) is 84.5 Å². The minimum absolute atomic E-state index is 0.112. The monoisotopic (exact) mass is 380 g/mol. The van der Waals surface area contributed by atoms with Crippen LogP contribution in [-0.2, 0) is 20.9 Å². The van der Waals surface area contributed by atoms with Crippen molar-refractivity contribution in [2.45, 2.75) is 65.0 Å². The Bertz CT molecular complexity index is 623. The van der Waals surface area contributed by atoms with Crippen LogP contribution in [-0.4, -0.2) is 30.4 Å². The highest BCUT2D eigenvalue weighted by Gasteiger charge is 2.27. The summed E-state index contributed by atoms with van der Waals surface area (Å²) in [6.45, 7) is 3.92. The second-order valence-electron chi connectivity index (χ2n) is 6.69. The maximum Gasteiger partial charge on any atom is 0.328 e. The van der Waals surface area contributed by atoms with Gasteiger partial charge < -0.3 is 15.4 Å². The van der Waals surface area contributed by atoms with Crippen LogP contribution in [0.3, 0.4) is 0 Å². The highest BCUT2D eigenvalue weighted by atomic mass is 32.1. The van der Waals surface area contributed by atoms with E-state index in [1.807, 2.05) is 6.07 Å². The van der Waals surface area contributed by atoms with Gasteiger partial charge in [-0.15, -0.1) is 11.3 Å². The first-order valence-corrected chi connectivity index (χ1v) is 10.1. The second kappa shape index (κ2) is 10.3. The van der Waals surface area contributed by atoms with Crippen molar-refractivity contribution in [3.63, 3.8) is 0 Å². The van der Waals surface area contributed by atoms with Crippen molar-refractivity contribution in [2.24, 2.45) is 5.92 Å². The van der Waals surface area contributed by atoms with Crippen LogP contribution >= 0.6 is 11.3 Å². The lowest BCUT2D eigenvalue weighted by Crippen LogP contribution is -2.43. The number of thiophene rings is 1. The molecule has 0 spiro atoms. The van der Waals surface area contributed by atoms with E-state index in [9.17, 15) is 14.4 Å². The lowest BCUT2D eigenvalue weighted by atomic mass is 9.85. The molecule has 1 aliphatic rings. The summed E-state index contributed by atoms with van der Waals surface area (Å²) in [5, 5.41) is 5.56. The number of hydrogen-bond donors (Lipinski definition) is 2. The number of esters is 1. The molecule has 7 heteroatoms. The zero-order chi connectivity index (χ0) is 18.9. The first-order chi connectivity index (χ1) is 12.5. The maximum atomic E-state index is 12.6. The van der Waals surface area contributed by atoms with Gasteiger partial charge in [-0.25, -0.2) is 4.79 Å². The van der Waals surface area contributed by atoms with E-state index in [1.54, 1.807) is 13.0 Å². The van der Waals surface area contributed by atoms with Crippen molar-refractivity contribution < 1.29 is 19.1 Å². The number of nitrogens with one attached hydrogen (secondary N) is 2. The molecule has 1 unspecified atom stereocenters. The molecule has 1 saturated carbocycles. The summed E-state index contributed by atoms with van der Waals surface area (Å²) in [5.41, 5.74) is 0. The van der Waals surface area contributed by atoms with Gasteiger partial charge in [0.2, 0.25) is 5.91 Å². The molecule has 0 aliphatic heterocycles. The third-order valence-electron chi connectivity index (χ3n) is 4.57. The summed E-state index contributed by atoms with van der Waals surface area (Å²) >= 11 is 1.32. The fraction of sp³-hybridized carbons (Fsp3) is 0.632. The predicted octanol–water partition coefficient (Wildman–Crippen LogP) is 3.02. The van der Waals surface area contributed by atoms with E-state index in [1.165, 1.54) is 37.5 Å². The molecular formula is C19H28N2O4S. The summed E-state index contributed by atoms with van der Waals surface area (Å²) in [6.07, 6.45) is 6.46. The molecule has 1 atom stereocenters. The highest BCUT2D eigenvalue weighted by Crippen LogP contribution is 2.28. The van der Waals surface area contributed by atoms with Gasteiger partial charge in [0.15, 0.2) is 0 Å². The highest BCUT2D eigenvalue weighted by molar-refractivity contribution is 7.14. The second-order valence-corrected chi connectivity index (χ2v) is 7.86. The van der Waals surface area contributed by atoms with Gasteiger partial charge in [0.05, 0.1) is 18.0 Å². The summed E-state index contributed by atoms with van der Waals surface area (Å²) < 4.78 is 5.15. The van der Waals surface area contributed by atoms with Crippen LogP contribution < -0.4 is 10.6 Å². The van der Waals surface area contributed by atoms with E-state index in [0.29, 0.717) is 30.4 Å². The van der Waals surface area contributed by atoms with E-state index in [-0.39, 0.29) is 17.8 Å². The van der Waals surface area contributed by atoms with Crippen LogP contribution in [0.4, 0.5) is 0 Å². The van der Waals surface area contributed by atoms with Gasteiger partial charge in [0.25, 0.3) is 5.91 Å². The van der Waals surface area contributed by atoms with Gasteiger partial charge in [-0.2, -0.15) is 0 Å². The largest absolute Gasteiger partial charge is 0.464 e. The Morgan fingerprint density at radius 2 is 1.96 bits per heavy atom. The minimum Gasteiger partial charge on any atom is -0.464 e. The summed E-state index contributed by atoms with van der Waals surface area (Å²) in [4.78, 5) is 37.3. The molecule has 144 valence electrons. The molecule has 6 nitrogen and oxygen atoms in total.